The topological polar surface area (TPSA) is 114 Å². The Morgan fingerprint density at radius 1 is 1.20 bits per heavy atom. The number of carbonyl (C=O) groups is 4. The summed E-state index contributed by atoms with van der Waals surface area (Å²) < 4.78 is 44.5. The summed E-state index contributed by atoms with van der Waals surface area (Å²) in [5.74, 6) is -4.04. The van der Waals surface area contributed by atoms with Crippen molar-refractivity contribution in [3.05, 3.63) is 48.0 Å². The van der Waals surface area contributed by atoms with Gasteiger partial charge in [0.25, 0.3) is 5.24 Å². The molecule has 0 bridgehead atoms. The highest BCUT2D eigenvalue weighted by molar-refractivity contribution is 8.26. The quantitative estimate of drug-likeness (QED) is 0.515. The number of halogens is 2. The van der Waals surface area contributed by atoms with Crippen molar-refractivity contribution in [2.75, 3.05) is 14.1 Å². The number of ketones is 1. The zero-order valence-electron chi connectivity index (χ0n) is 23.0. The Kier molecular flexibility index (Phi) is 6.73. The molecule has 1 amide bonds. The lowest BCUT2D eigenvalue weighted by Gasteiger charge is -2.63. The molecule has 8 nitrogen and oxygen atoms in total. The molecule has 9 atom stereocenters. The van der Waals surface area contributed by atoms with E-state index in [1.165, 1.54) is 56.5 Å². The molecular weight excluding hydrogens is 544 g/mol. The molecule has 4 aliphatic carbocycles. The fraction of sp³-hybridized carbons (Fsp3) is 0.586. The molecule has 1 aromatic rings. The van der Waals surface area contributed by atoms with Crippen molar-refractivity contribution in [3.63, 3.8) is 0 Å². The van der Waals surface area contributed by atoms with E-state index in [1.54, 1.807) is 13.8 Å². The van der Waals surface area contributed by atoms with Crippen LogP contribution >= 0.6 is 11.8 Å². The van der Waals surface area contributed by atoms with Crippen LogP contribution in [-0.4, -0.2) is 69.8 Å². The lowest BCUT2D eigenvalue weighted by atomic mass is 9.44. The van der Waals surface area contributed by atoms with Gasteiger partial charge < -0.3 is 19.2 Å². The molecule has 2 unspecified atom stereocenters. The van der Waals surface area contributed by atoms with Gasteiger partial charge in [0.05, 0.1) is 12.4 Å². The molecule has 216 valence electrons. The minimum atomic E-state index is -2.36. The van der Waals surface area contributed by atoms with Gasteiger partial charge in [-0.3, -0.25) is 14.4 Å². The maximum atomic E-state index is 17.5. The predicted molar refractivity (Wildman–Crippen MR) is 142 cm³/mol. The van der Waals surface area contributed by atoms with Crippen molar-refractivity contribution in [1.82, 2.24) is 4.90 Å². The lowest BCUT2D eigenvalue weighted by molar-refractivity contribution is -0.221. The van der Waals surface area contributed by atoms with Gasteiger partial charge in [-0.05, 0) is 62.0 Å². The van der Waals surface area contributed by atoms with Gasteiger partial charge in [0.2, 0.25) is 10.9 Å². The highest BCUT2D eigenvalue weighted by atomic mass is 32.2. The summed E-state index contributed by atoms with van der Waals surface area (Å²) in [6.07, 6.45) is 1.13. The lowest BCUT2D eigenvalue weighted by Crippen LogP contribution is -2.70. The number of alkyl halides is 2. The number of esters is 1. The number of aliphatic hydroxyl groups excluding tert-OH is 1. The van der Waals surface area contributed by atoms with E-state index in [9.17, 15) is 24.3 Å². The maximum Gasteiger partial charge on any atom is 0.375 e. The zero-order valence-corrected chi connectivity index (χ0v) is 23.8. The standard InChI is InChI=1S/C29H33F2NO7S/c1-15-11-17-18-13-20(30)19-12-16(33)8-9-26(19,2)28(18,31)22(34)14-27(17,3)29(15,24(36)40-25(37)32(4)5)39-23(35)21-7-6-10-38-21/h6-10,12,15,17-18,20,22,34H,11,13-14H2,1-5H3/t15-,17?,18?,20+,22+,26+,27+,28+,29+/m1/s1. The van der Waals surface area contributed by atoms with Crippen molar-refractivity contribution < 1.29 is 42.2 Å². The number of furan rings is 1. The van der Waals surface area contributed by atoms with Gasteiger partial charge in [-0.2, -0.15) is 0 Å². The Morgan fingerprint density at radius 3 is 2.52 bits per heavy atom. The smallest absolute Gasteiger partial charge is 0.375 e. The summed E-state index contributed by atoms with van der Waals surface area (Å²) in [5.41, 5.74) is -7.29. The van der Waals surface area contributed by atoms with Crippen LogP contribution in [0.2, 0.25) is 0 Å². The number of ether oxygens (including phenoxy) is 1. The monoisotopic (exact) mass is 577 g/mol. The molecule has 0 aromatic carbocycles. The third-order valence-electron chi connectivity index (χ3n) is 9.99. The van der Waals surface area contributed by atoms with Crippen molar-refractivity contribution >= 4 is 33.9 Å². The molecule has 1 heterocycles. The molecule has 0 saturated heterocycles. The Bertz CT molecular complexity index is 1330. The van der Waals surface area contributed by atoms with E-state index in [0.29, 0.717) is 11.8 Å². The summed E-state index contributed by atoms with van der Waals surface area (Å²) in [6.45, 7) is 4.83. The van der Waals surface area contributed by atoms with Crippen molar-refractivity contribution in [2.24, 2.45) is 28.6 Å². The molecular formula is C29H33F2NO7S. The van der Waals surface area contributed by atoms with Gasteiger partial charge in [-0.1, -0.05) is 19.9 Å². The second-order valence-electron chi connectivity index (χ2n) is 12.1. The first-order valence-electron chi connectivity index (χ1n) is 13.3. The van der Waals surface area contributed by atoms with Gasteiger partial charge in [0.1, 0.15) is 6.17 Å². The van der Waals surface area contributed by atoms with E-state index in [2.05, 4.69) is 0 Å². The van der Waals surface area contributed by atoms with Crippen LogP contribution < -0.4 is 0 Å². The average Bonchev–Trinajstić information content (AvgIpc) is 3.49. The van der Waals surface area contributed by atoms with Gasteiger partial charge >= 0.3 is 5.97 Å². The highest BCUT2D eigenvalue weighted by Crippen LogP contribution is 2.72. The Hall–Kier alpha value is -2.79. The van der Waals surface area contributed by atoms with Crippen molar-refractivity contribution in [2.45, 2.75) is 63.6 Å². The normalized spacial score (nSPS) is 41.9. The second kappa shape index (κ2) is 9.37. The molecule has 0 spiro atoms. The Morgan fingerprint density at radius 2 is 1.90 bits per heavy atom. The van der Waals surface area contributed by atoms with Crippen molar-refractivity contribution in [3.8, 4) is 0 Å². The first kappa shape index (κ1) is 28.7. The van der Waals surface area contributed by atoms with Crippen molar-refractivity contribution in [1.29, 1.82) is 0 Å². The van der Waals surface area contributed by atoms with Gasteiger partial charge in [0, 0.05) is 48.5 Å². The largest absolute Gasteiger partial charge is 0.457 e. The first-order chi connectivity index (χ1) is 18.6. The summed E-state index contributed by atoms with van der Waals surface area (Å²) in [5, 5.41) is 10.3. The summed E-state index contributed by atoms with van der Waals surface area (Å²) in [4.78, 5) is 53.3. The van der Waals surface area contributed by atoms with Crippen LogP contribution in [0.5, 0.6) is 0 Å². The van der Waals surface area contributed by atoms with Crippen LogP contribution in [0.15, 0.2) is 46.6 Å². The zero-order chi connectivity index (χ0) is 29.4. The van der Waals surface area contributed by atoms with E-state index in [-0.39, 0.29) is 30.6 Å². The van der Waals surface area contributed by atoms with Crippen LogP contribution in [0.4, 0.5) is 13.6 Å². The number of amides is 1. The van der Waals surface area contributed by atoms with E-state index >= 15 is 8.78 Å². The summed E-state index contributed by atoms with van der Waals surface area (Å²) in [6, 6.07) is 2.86. The third kappa shape index (κ3) is 3.65. The number of nitrogens with zero attached hydrogens (tertiary/aromatic N) is 1. The van der Waals surface area contributed by atoms with Crippen LogP contribution in [0, 0.1) is 28.6 Å². The average molecular weight is 578 g/mol. The fourth-order valence-electron chi connectivity index (χ4n) is 8.06. The van der Waals surface area contributed by atoms with E-state index in [1.807, 2.05) is 0 Å². The number of rotatable bonds is 3. The molecule has 0 radical (unpaired) electrons. The van der Waals surface area contributed by atoms with Crippen LogP contribution in [-0.2, 0) is 14.3 Å². The van der Waals surface area contributed by atoms with Gasteiger partial charge in [0.15, 0.2) is 17.1 Å². The van der Waals surface area contributed by atoms with E-state index < -0.39 is 74.2 Å². The molecule has 3 fully saturated rings. The Balaban J connectivity index is 1.64. The van der Waals surface area contributed by atoms with Gasteiger partial charge in [-0.25, -0.2) is 13.6 Å². The minimum absolute atomic E-state index is 0.00818. The number of allylic oxidation sites excluding steroid dienone is 4. The van der Waals surface area contributed by atoms with Crippen LogP contribution in [0.25, 0.3) is 0 Å². The molecule has 0 aliphatic heterocycles. The minimum Gasteiger partial charge on any atom is -0.457 e. The summed E-state index contributed by atoms with van der Waals surface area (Å²) in [7, 11) is 2.96. The number of hydrogen-bond donors (Lipinski definition) is 1. The molecule has 11 heteroatoms. The molecule has 40 heavy (non-hydrogen) atoms. The van der Waals surface area contributed by atoms with Gasteiger partial charge in [-0.15, -0.1) is 0 Å². The second-order valence-corrected chi connectivity index (χ2v) is 13.1. The van der Waals surface area contributed by atoms with Crippen LogP contribution in [0.1, 0.15) is 50.6 Å². The molecule has 3 saturated carbocycles. The van der Waals surface area contributed by atoms with Crippen LogP contribution in [0.3, 0.4) is 0 Å². The number of thioether (sulfide) groups is 1. The number of carbonyl (C=O) groups excluding carboxylic acids is 4. The van der Waals surface area contributed by atoms with E-state index in [0.717, 1.165) is 6.08 Å². The molecule has 5 rings (SSSR count). The fourth-order valence-corrected chi connectivity index (χ4v) is 9.02. The predicted octanol–water partition coefficient (Wildman–Crippen LogP) is 4.68. The third-order valence-corrected chi connectivity index (χ3v) is 11.0. The molecule has 4 aliphatic rings. The first-order valence-corrected chi connectivity index (χ1v) is 14.1. The number of hydrogen-bond acceptors (Lipinski definition) is 8. The highest BCUT2D eigenvalue weighted by Gasteiger charge is 2.78. The number of fused-ring (bicyclic) bond motifs is 5. The maximum absolute atomic E-state index is 17.5. The number of aliphatic hydroxyl groups is 1. The molecule has 1 N–H and O–H groups in total. The Labute approximate surface area is 235 Å². The molecule has 1 aromatic heterocycles. The SMILES string of the molecule is C[C@@H]1CC2C3C[C@H](F)C4=CC(=O)C=C[C@]4(C)[C@@]3(F)[C@@H](O)C[C@]2(C)[C@@]1(OC(=O)c1ccco1)C(=O)SC(=O)N(C)C. The van der Waals surface area contributed by atoms with E-state index in [4.69, 9.17) is 9.15 Å². The summed E-state index contributed by atoms with van der Waals surface area (Å²) >= 11 is 0.382.